The average molecular weight is 340 g/mol. The Morgan fingerprint density at radius 2 is 1.84 bits per heavy atom. The number of anilines is 1. The van der Waals surface area contributed by atoms with E-state index in [1.165, 1.54) is 0 Å². The molecule has 7 nitrogen and oxygen atoms in total. The van der Waals surface area contributed by atoms with E-state index in [0.717, 1.165) is 11.3 Å². The minimum atomic E-state index is -0.367. The van der Waals surface area contributed by atoms with Crippen LogP contribution in [0.4, 0.5) is 5.88 Å². The molecule has 3 aromatic rings. The predicted octanol–water partition coefficient (Wildman–Crippen LogP) is 2.39. The number of rotatable bonds is 5. The van der Waals surface area contributed by atoms with Crippen molar-refractivity contribution in [1.29, 1.82) is 0 Å². The average Bonchev–Trinajstić information content (AvgIpc) is 3.03. The third-order valence-corrected chi connectivity index (χ3v) is 3.65. The highest BCUT2D eigenvalue weighted by Gasteiger charge is 2.27. The summed E-state index contributed by atoms with van der Waals surface area (Å²) in [5.74, 6) is 0.567. The van der Waals surface area contributed by atoms with Gasteiger partial charge in [0.15, 0.2) is 0 Å². The first-order valence-corrected chi connectivity index (χ1v) is 7.73. The number of hydrogen-bond acceptors (Lipinski definition) is 6. The Morgan fingerprint density at radius 3 is 2.44 bits per heavy atom. The van der Waals surface area contributed by atoms with Crippen LogP contribution in [0.5, 0.6) is 5.75 Å². The van der Waals surface area contributed by atoms with Crippen molar-refractivity contribution in [2.45, 2.75) is 6.92 Å². The summed E-state index contributed by atoms with van der Waals surface area (Å²) in [7, 11) is 1.61. The summed E-state index contributed by atoms with van der Waals surface area (Å²) in [5.41, 5.74) is 8.56. The highest BCUT2D eigenvalue weighted by Crippen LogP contribution is 2.25. The first kappa shape index (κ1) is 16.5. The molecule has 0 saturated heterocycles. The van der Waals surface area contributed by atoms with Gasteiger partial charge in [-0.15, -0.1) is 0 Å². The summed E-state index contributed by atoms with van der Waals surface area (Å²) in [5, 5.41) is 3.99. The van der Waals surface area contributed by atoms with Gasteiger partial charge in [0.1, 0.15) is 5.75 Å². The van der Waals surface area contributed by atoms with Gasteiger partial charge in [0.05, 0.1) is 24.8 Å². The quantitative estimate of drug-likeness (QED) is 0.566. The van der Waals surface area contributed by atoms with Crippen molar-refractivity contribution < 1.29 is 23.5 Å². The molecule has 25 heavy (non-hydrogen) atoms. The van der Waals surface area contributed by atoms with E-state index in [4.69, 9.17) is 19.7 Å². The van der Waals surface area contributed by atoms with E-state index in [0.29, 0.717) is 23.6 Å². The molecule has 0 spiro atoms. The molecule has 128 valence electrons. The zero-order valence-electron chi connectivity index (χ0n) is 13.9. The van der Waals surface area contributed by atoms with Crippen LogP contribution in [-0.4, -0.2) is 25.0 Å². The van der Waals surface area contributed by atoms with E-state index in [9.17, 15) is 4.79 Å². The zero-order valence-corrected chi connectivity index (χ0v) is 13.9. The smallest absolute Gasteiger partial charge is 0.338 e. The molecule has 3 rings (SSSR count). The third-order valence-electron chi connectivity index (χ3n) is 3.65. The Labute approximate surface area is 144 Å². The summed E-state index contributed by atoms with van der Waals surface area (Å²) in [6, 6.07) is 14.2. The van der Waals surface area contributed by atoms with Crippen molar-refractivity contribution in [3.05, 3.63) is 54.1 Å². The molecule has 0 aliphatic carbocycles. The molecule has 0 aliphatic heterocycles. The minimum Gasteiger partial charge on any atom is -0.497 e. The van der Waals surface area contributed by atoms with Crippen molar-refractivity contribution in [1.82, 2.24) is 5.27 Å². The SMILES string of the molecule is CCOC(=O)c1ccc(-[n+]2noc(N)c2-c2ccc(OC)cc2)cc1. The molecule has 1 heterocycles. The van der Waals surface area contributed by atoms with Crippen LogP contribution < -0.4 is 15.2 Å². The fourth-order valence-corrected chi connectivity index (χ4v) is 2.42. The van der Waals surface area contributed by atoms with Crippen molar-refractivity contribution in [3.63, 3.8) is 0 Å². The van der Waals surface area contributed by atoms with E-state index in [1.54, 1.807) is 43.0 Å². The van der Waals surface area contributed by atoms with Gasteiger partial charge >= 0.3 is 17.5 Å². The number of nitrogen functional groups attached to an aromatic ring is 1. The second kappa shape index (κ2) is 7.04. The number of benzene rings is 2. The lowest BCUT2D eigenvalue weighted by Crippen LogP contribution is -2.34. The van der Waals surface area contributed by atoms with E-state index in [-0.39, 0.29) is 11.9 Å². The summed E-state index contributed by atoms with van der Waals surface area (Å²) in [6.45, 7) is 2.10. The zero-order chi connectivity index (χ0) is 17.8. The monoisotopic (exact) mass is 340 g/mol. The molecule has 0 amide bonds. The fourth-order valence-electron chi connectivity index (χ4n) is 2.42. The molecule has 2 N–H and O–H groups in total. The van der Waals surface area contributed by atoms with Crippen LogP contribution in [0.1, 0.15) is 17.3 Å². The summed E-state index contributed by atoms with van der Waals surface area (Å²) in [6.07, 6.45) is 0. The van der Waals surface area contributed by atoms with Gasteiger partial charge in [0, 0.05) is 12.1 Å². The molecule has 0 saturated carbocycles. The van der Waals surface area contributed by atoms with E-state index in [2.05, 4.69) is 5.27 Å². The molecule has 0 atom stereocenters. The number of ether oxygens (including phenoxy) is 2. The largest absolute Gasteiger partial charge is 0.497 e. The lowest BCUT2D eigenvalue weighted by molar-refractivity contribution is -0.660. The molecule has 7 heteroatoms. The van der Waals surface area contributed by atoms with Crippen LogP contribution >= 0.6 is 0 Å². The van der Waals surface area contributed by atoms with Gasteiger partial charge in [-0.2, -0.15) is 0 Å². The molecule has 0 aliphatic rings. The van der Waals surface area contributed by atoms with Gasteiger partial charge in [-0.3, -0.25) is 4.52 Å². The van der Waals surface area contributed by atoms with Crippen LogP contribution in [-0.2, 0) is 4.74 Å². The normalized spacial score (nSPS) is 10.5. The Balaban J connectivity index is 1.97. The highest BCUT2D eigenvalue weighted by molar-refractivity contribution is 5.89. The van der Waals surface area contributed by atoms with Crippen LogP contribution in [0.15, 0.2) is 53.1 Å². The van der Waals surface area contributed by atoms with Crippen LogP contribution in [0.2, 0.25) is 0 Å². The van der Waals surface area contributed by atoms with Crippen molar-refractivity contribution in [2.75, 3.05) is 19.5 Å². The summed E-state index contributed by atoms with van der Waals surface area (Å²) >= 11 is 0. The number of methoxy groups -OCH3 is 1. The van der Waals surface area contributed by atoms with Crippen molar-refractivity contribution in [2.24, 2.45) is 0 Å². The first-order valence-electron chi connectivity index (χ1n) is 7.73. The fraction of sp³-hybridized carbons (Fsp3) is 0.167. The molecule has 2 aromatic carbocycles. The molecular formula is C18H18N3O4+. The topological polar surface area (TPSA) is 91.5 Å². The predicted molar refractivity (Wildman–Crippen MR) is 90.4 cm³/mol. The van der Waals surface area contributed by atoms with Gasteiger partial charge in [0.2, 0.25) is 11.0 Å². The lowest BCUT2D eigenvalue weighted by Gasteiger charge is -2.01. The Hall–Kier alpha value is -3.35. The number of nitrogens with two attached hydrogens (primary N) is 1. The van der Waals surface area contributed by atoms with Crippen LogP contribution in [0.3, 0.4) is 0 Å². The van der Waals surface area contributed by atoms with Gasteiger partial charge in [-0.25, -0.2) is 4.79 Å². The van der Waals surface area contributed by atoms with E-state index < -0.39 is 0 Å². The van der Waals surface area contributed by atoms with Gasteiger partial charge < -0.3 is 15.2 Å². The number of carbonyl (C=O) groups excluding carboxylic acids is 1. The number of esters is 1. The van der Waals surface area contributed by atoms with Gasteiger partial charge in [-0.05, 0) is 48.0 Å². The third kappa shape index (κ3) is 3.30. The number of aromatic nitrogens is 2. The van der Waals surface area contributed by atoms with Gasteiger partial charge in [-0.1, -0.05) is 0 Å². The van der Waals surface area contributed by atoms with Crippen molar-refractivity contribution >= 4 is 11.9 Å². The van der Waals surface area contributed by atoms with Crippen molar-refractivity contribution in [3.8, 4) is 22.7 Å². The maximum absolute atomic E-state index is 11.8. The number of carbonyl (C=O) groups is 1. The highest BCUT2D eigenvalue weighted by atomic mass is 16.5. The number of hydrogen-bond donors (Lipinski definition) is 1. The molecule has 1 aromatic heterocycles. The van der Waals surface area contributed by atoms with Gasteiger partial charge in [0.25, 0.3) is 0 Å². The second-order valence-corrected chi connectivity index (χ2v) is 5.19. The van der Waals surface area contributed by atoms with E-state index in [1.807, 2.05) is 24.3 Å². The van der Waals surface area contributed by atoms with E-state index >= 15 is 0 Å². The Kier molecular flexibility index (Phi) is 4.65. The maximum atomic E-state index is 11.8. The first-order chi connectivity index (χ1) is 12.1. The minimum absolute atomic E-state index is 0.194. The molecular weight excluding hydrogens is 322 g/mol. The Bertz CT molecular complexity index is 870. The van der Waals surface area contributed by atoms with Crippen LogP contribution in [0.25, 0.3) is 16.9 Å². The Morgan fingerprint density at radius 1 is 1.16 bits per heavy atom. The number of nitrogens with zero attached hydrogens (tertiary/aromatic N) is 2. The lowest BCUT2D eigenvalue weighted by atomic mass is 10.1. The molecule has 0 unspecified atom stereocenters. The molecule has 0 radical (unpaired) electrons. The standard InChI is InChI=1S/C18H18N3O4/c1-3-24-18(22)13-4-8-14(9-5-13)21-16(17(19)25-20-21)12-6-10-15(23-2)11-7-12/h4-11H,3,19H2,1-2H3/q+1. The second-order valence-electron chi connectivity index (χ2n) is 5.19. The summed E-state index contributed by atoms with van der Waals surface area (Å²) < 4.78 is 16.9. The molecule has 0 fully saturated rings. The van der Waals surface area contributed by atoms with Crippen LogP contribution in [0, 0.1) is 0 Å². The summed E-state index contributed by atoms with van der Waals surface area (Å²) in [4.78, 5) is 11.8. The maximum Gasteiger partial charge on any atom is 0.338 e. The molecule has 0 bridgehead atoms.